The van der Waals surface area contributed by atoms with Gasteiger partial charge in [-0.05, 0) is 45.0 Å². The summed E-state index contributed by atoms with van der Waals surface area (Å²) >= 11 is 0. The van der Waals surface area contributed by atoms with E-state index in [0.717, 1.165) is 15.7 Å². The summed E-state index contributed by atoms with van der Waals surface area (Å²) in [4.78, 5) is 26.2. The Labute approximate surface area is 213 Å². The summed E-state index contributed by atoms with van der Waals surface area (Å²) in [7, 11) is -8.46. The van der Waals surface area contributed by atoms with Crippen LogP contribution in [0.5, 0.6) is 0 Å². The van der Waals surface area contributed by atoms with Gasteiger partial charge in [-0.2, -0.15) is 16.8 Å². The minimum atomic E-state index is -4.26. The number of rotatable bonds is 8. The van der Waals surface area contributed by atoms with E-state index in [1.807, 2.05) is 0 Å². The van der Waals surface area contributed by atoms with Crippen molar-refractivity contribution in [3.63, 3.8) is 0 Å². The molecule has 1 aromatic heterocycles. The van der Waals surface area contributed by atoms with Crippen molar-refractivity contribution >= 4 is 20.2 Å². The summed E-state index contributed by atoms with van der Waals surface area (Å²) in [6.45, 7) is 4.53. The molecule has 2 heterocycles. The second-order valence-electron chi connectivity index (χ2n) is 8.80. The van der Waals surface area contributed by atoms with E-state index in [9.17, 15) is 26.4 Å². The maximum Gasteiger partial charge on any atom is 0.330 e. The van der Waals surface area contributed by atoms with Gasteiger partial charge in [-0.3, -0.25) is 22.7 Å². The minimum Gasteiger partial charge on any atom is -0.349 e. The van der Waals surface area contributed by atoms with Gasteiger partial charge in [0.2, 0.25) is 0 Å². The van der Waals surface area contributed by atoms with Crippen LogP contribution in [0.25, 0.3) is 0 Å². The van der Waals surface area contributed by atoms with Crippen LogP contribution in [-0.4, -0.2) is 45.2 Å². The topological polar surface area (TPSA) is 151 Å². The smallest absolute Gasteiger partial charge is 0.330 e. The Bertz CT molecular complexity index is 1610. The Morgan fingerprint density at radius 3 is 2.00 bits per heavy atom. The highest BCUT2D eigenvalue weighted by Crippen LogP contribution is 2.33. The number of hydrogen-bond acceptors (Lipinski definition) is 9. The molecule has 0 bridgehead atoms. The van der Waals surface area contributed by atoms with Crippen molar-refractivity contribution in [2.24, 2.45) is 0 Å². The van der Waals surface area contributed by atoms with Crippen LogP contribution in [0.3, 0.4) is 0 Å². The Morgan fingerprint density at radius 1 is 0.892 bits per heavy atom. The molecule has 1 N–H and O–H groups in total. The summed E-state index contributed by atoms with van der Waals surface area (Å²) in [6, 6.07) is 12.0. The molecule has 0 unspecified atom stereocenters. The highest BCUT2D eigenvalue weighted by Gasteiger charge is 2.41. The molecule has 2 aromatic carbocycles. The van der Waals surface area contributed by atoms with Crippen LogP contribution in [0, 0.1) is 20.8 Å². The fourth-order valence-corrected chi connectivity index (χ4v) is 5.80. The van der Waals surface area contributed by atoms with E-state index < -0.39 is 56.5 Å². The molecule has 3 aromatic rings. The number of ether oxygens (including phenoxy) is 1. The second kappa shape index (κ2) is 10.3. The van der Waals surface area contributed by atoms with Gasteiger partial charge in [-0.15, -0.1) is 0 Å². The van der Waals surface area contributed by atoms with Gasteiger partial charge in [0, 0.05) is 18.2 Å². The van der Waals surface area contributed by atoms with Crippen molar-refractivity contribution in [1.82, 2.24) is 9.55 Å². The average molecular weight is 551 g/mol. The first kappa shape index (κ1) is 26.9. The van der Waals surface area contributed by atoms with Gasteiger partial charge >= 0.3 is 5.69 Å². The van der Waals surface area contributed by atoms with Gasteiger partial charge in [0.15, 0.2) is 0 Å². The van der Waals surface area contributed by atoms with Crippen molar-refractivity contribution in [3.8, 4) is 0 Å². The lowest BCUT2D eigenvalue weighted by molar-refractivity contribution is -0.0355. The van der Waals surface area contributed by atoms with Crippen LogP contribution in [0.4, 0.5) is 0 Å². The van der Waals surface area contributed by atoms with Crippen LogP contribution in [0.1, 0.15) is 29.3 Å². The Morgan fingerprint density at radius 2 is 1.43 bits per heavy atom. The molecule has 11 nitrogen and oxygen atoms in total. The third-order valence-electron chi connectivity index (χ3n) is 5.89. The number of nitrogens with one attached hydrogen (secondary N) is 1. The maximum absolute atomic E-state index is 13.0. The molecule has 13 heteroatoms. The SMILES string of the molecule is Cc1ccc(S(=O)(=O)OC[C@H]2O[C@@H](n3cc(C)c(=O)[nH]c3=O)C[C@@H]2OS(=O)(=O)c2ccc(C)cc2)cc1. The molecule has 3 atom stereocenters. The van der Waals surface area contributed by atoms with E-state index >= 15 is 0 Å². The number of nitrogens with zero attached hydrogens (tertiary/aromatic N) is 1. The predicted molar refractivity (Wildman–Crippen MR) is 132 cm³/mol. The molecule has 1 aliphatic rings. The van der Waals surface area contributed by atoms with Gasteiger partial charge < -0.3 is 4.74 Å². The number of aromatic nitrogens is 2. The molecular formula is C24H26N2O9S2. The van der Waals surface area contributed by atoms with Crippen LogP contribution >= 0.6 is 0 Å². The van der Waals surface area contributed by atoms with Crippen LogP contribution < -0.4 is 11.2 Å². The van der Waals surface area contributed by atoms with Gasteiger partial charge in [0.1, 0.15) is 18.4 Å². The molecule has 1 fully saturated rings. The Hall–Kier alpha value is -3.10. The molecule has 0 spiro atoms. The molecule has 1 saturated heterocycles. The standard InChI is InChI=1S/C24H26N2O9S2/c1-15-4-8-18(9-5-15)36(29,30)33-14-21-20(35-37(31,32)19-10-6-16(2)7-11-19)12-22(34-21)26-13-17(3)23(27)25-24(26)28/h4-11,13,20-22H,12,14H2,1-3H3,(H,25,27,28)/t20-,21+,22+/m0/s1. The summed E-state index contributed by atoms with van der Waals surface area (Å²) in [6.07, 6.45) is -2.26. The molecule has 0 radical (unpaired) electrons. The zero-order chi connectivity index (χ0) is 27.0. The number of H-pyrrole nitrogens is 1. The molecule has 0 amide bonds. The first-order chi connectivity index (χ1) is 17.4. The first-order valence-electron chi connectivity index (χ1n) is 11.3. The van der Waals surface area contributed by atoms with Gasteiger partial charge in [0.05, 0.1) is 16.4 Å². The maximum atomic E-state index is 13.0. The Balaban J connectivity index is 1.61. The monoisotopic (exact) mass is 550 g/mol. The fourth-order valence-electron chi connectivity index (χ4n) is 3.78. The van der Waals surface area contributed by atoms with Crippen LogP contribution in [-0.2, 0) is 33.3 Å². The zero-order valence-electron chi connectivity index (χ0n) is 20.3. The van der Waals surface area contributed by atoms with Crippen molar-refractivity contribution < 1.29 is 29.9 Å². The van der Waals surface area contributed by atoms with Crippen LogP contribution in [0.15, 0.2) is 74.1 Å². The molecule has 4 rings (SSSR count). The lowest BCUT2D eigenvalue weighted by atomic mass is 10.2. The summed E-state index contributed by atoms with van der Waals surface area (Å²) in [5.41, 5.74) is 0.600. The molecule has 1 aliphatic heterocycles. The molecule has 0 aliphatic carbocycles. The normalized spacial score (nSPS) is 20.2. The van der Waals surface area contributed by atoms with E-state index in [0.29, 0.717) is 0 Å². The number of benzene rings is 2. The zero-order valence-corrected chi connectivity index (χ0v) is 21.9. The van der Waals surface area contributed by atoms with Crippen molar-refractivity contribution in [3.05, 3.63) is 92.3 Å². The minimum absolute atomic E-state index is 0.0788. The van der Waals surface area contributed by atoms with Gasteiger partial charge in [-0.1, -0.05) is 35.4 Å². The lowest BCUT2D eigenvalue weighted by Crippen LogP contribution is -2.33. The summed E-state index contributed by atoms with van der Waals surface area (Å²) in [5.74, 6) is 0. The summed E-state index contributed by atoms with van der Waals surface area (Å²) in [5, 5.41) is 0. The van der Waals surface area contributed by atoms with Gasteiger partial charge in [0.25, 0.3) is 25.8 Å². The molecular weight excluding hydrogens is 524 g/mol. The van der Waals surface area contributed by atoms with Crippen molar-refractivity contribution in [2.75, 3.05) is 6.61 Å². The van der Waals surface area contributed by atoms with E-state index in [1.165, 1.54) is 37.4 Å². The third-order valence-corrected chi connectivity index (χ3v) is 8.54. The van der Waals surface area contributed by atoms with E-state index in [-0.39, 0.29) is 21.8 Å². The Kier molecular flexibility index (Phi) is 7.53. The van der Waals surface area contributed by atoms with Gasteiger partial charge in [-0.25, -0.2) is 4.79 Å². The third kappa shape index (κ3) is 6.08. The fraction of sp³-hybridized carbons (Fsp3) is 0.333. The number of hydrogen-bond donors (Lipinski definition) is 1. The van der Waals surface area contributed by atoms with Crippen LogP contribution in [0.2, 0.25) is 0 Å². The van der Waals surface area contributed by atoms with Crippen molar-refractivity contribution in [2.45, 2.75) is 55.4 Å². The average Bonchev–Trinajstić information content (AvgIpc) is 3.22. The molecule has 37 heavy (non-hydrogen) atoms. The number of aryl methyl sites for hydroxylation is 3. The second-order valence-corrected chi connectivity index (χ2v) is 12.0. The first-order valence-corrected chi connectivity index (χ1v) is 14.1. The largest absolute Gasteiger partial charge is 0.349 e. The summed E-state index contributed by atoms with van der Waals surface area (Å²) < 4.78 is 68.9. The highest BCUT2D eigenvalue weighted by molar-refractivity contribution is 7.87. The van der Waals surface area contributed by atoms with E-state index in [4.69, 9.17) is 13.1 Å². The number of aromatic amines is 1. The van der Waals surface area contributed by atoms with Crippen molar-refractivity contribution in [1.29, 1.82) is 0 Å². The lowest BCUT2D eigenvalue weighted by Gasteiger charge is -2.19. The predicted octanol–water partition coefficient (Wildman–Crippen LogP) is 1.93. The van der Waals surface area contributed by atoms with E-state index in [2.05, 4.69) is 4.98 Å². The van der Waals surface area contributed by atoms with E-state index in [1.54, 1.807) is 38.1 Å². The molecule has 0 saturated carbocycles. The highest BCUT2D eigenvalue weighted by atomic mass is 32.2. The molecule has 198 valence electrons. The quantitative estimate of drug-likeness (QED) is 0.415.